The highest BCUT2D eigenvalue weighted by molar-refractivity contribution is 4.80. The molecule has 2 bridgehead atoms. The molecule has 0 aliphatic carbocycles. The van der Waals surface area contributed by atoms with Crippen LogP contribution in [0.5, 0.6) is 0 Å². The highest BCUT2D eigenvalue weighted by Gasteiger charge is 2.28. The largest absolute Gasteiger partial charge is 0.315 e. The van der Waals surface area contributed by atoms with E-state index >= 15 is 0 Å². The summed E-state index contributed by atoms with van der Waals surface area (Å²) in [5.41, 5.74) is 3.29. The number of hydrogen-bond acceptors (Lipinski definition) is 4. The summed E-state index contributed by atoms with van der Waals surface area (Å²) in [6.45, 7) is 8.48. The molecule has 3 fully saturated rings. The molecule has 3 heterocycles. The maximum atomic E-state index is 3.29. The van der Waals surface area contributed by atoms with Crippen molar-refractivity contribution in [1.29, 1.82) is 0 Å². The lowest BCUT2D eigenvalue weighted by atomic mass is 10.1. The number of hydrazine groups is 1. The van der Waals surface area contributed by atoms with Gasteiger partial charge in [0.2, 0.25) is 0 Å². The van der Waals surface area contributed by atoms with Crippen molar-refractivity contribution in [3.8, 4) is 0 Å². The topological polar surface area (TPSA) is 39.3 Å². The van der Waals surface area contributed by atoms with E-state index in [0.717, 1.165) is 19.0 Å². The number of rotatable bonds is 0. The van der Waals surface area contributed by atoms with Crippen LogP contribution >= 0.6 is 0 Å². The zero-order valence-corrected chi connectivity index (χ0v) is 8.89. The average Bonchev–Trinajstić information content (AvgIpc) is 2.75. The fraction of sp³-hybridized carbons (Fsp3) is 1.00. The summed E-state index contributed by atoms with van der Waals surface area (Å²) in [6, 6.07) is 0. The lowest BCUT2D eigenvalue weighted by molar-refractivity contribution is 0.270. The minimum absolute atomic E-state index is 0.986. The lowest BCUT2D eigenvalue weighted by Gasteiger charge is -2.11. The molecule has 0 aromatic heterocycles. The summed E-state index contributed by atoms with van der Waals surface area (Å²) < 4.78 is 0. The van der Waals surface area contributed by atoms with Crippen molar-refractivity contribution in [2.75, 3.05) is 45.8 Å². The Hall–Kier alpha value is -0.160. The molecule has 3 aliphatic rings. The molecule has 2 atom stereocenters. The van der Waals surface area contributed by atoms with Gasteiger partial charge in [-0.1, -0.05) is 0 Å². The Morgan fingerprint density at radius 3 is 2.14 bits per heavy atom. The molecule has 0 aromatic rings. The van der Waals surface area contributed by atoms with Crippen molar-refractivity contribution in [3.05, 3.63) is 0 Å². The molecular weight excluding hydrogens is 176 g/mol. The van der Waals surface area contributed by atoms with Crippen molar-refractivity contribution in [1.82, 2.24) is 21.1 Å². The van der Waals surface area contributed by atoms with E-state index in [-0.39, 0.29) is 0 Å². The number of nitrogens with one attached hydrogen (secondary N) is 3. The second-order valence-electron chi connectivity index (χ2n) is 4.32. The first-order chi connectivity index (χ1) is 6.95. The van der Waals surface area contributed by atoms with Gasteiger partial charge in [-0.05, 0) is 31.8 Å². The van der Waals surface area contributed by atoms with E-state index in [1.807, 2.05) is 0 Å². The van der Waals surface area contributed by atoms with Gasteiger partial charge in [0, 0.05) is 32.7 Å². The molecule has 0 radical (unpaired) electrons. The number of hydrogen-bond donors (Lipinski definition) is 3. The number of nitrogens with zero attached hydrogens (tertiary/aromatic N) is 1. The Labute approximate surface area is 86.4 Å². The SMILES string of the molecule is C1CN2CC1CN2.C1CNCCNC1. The molecule has 3 N–H and O–H groups in total. The summed E-state index contributed by atoms with van der Waals surface area (Å²) in [5, 5.41) is 8.88. The van der Waals surface area contributed by atoms with Gasteiger partial charge in [0.15, 0.2) is 0 Å². The monoisotopic (exact) mass is 198 g/mol. The van der Waals surface area contributed by atoms with Gasteiger partial charge in [0.1, 0.15) is 0 Å². The Morgan fingerprint density at radius 2 is 1.79 bits per heavy atom. The summed E-state index contributed by atoms with van der Waals surface area (Å²) in [4.78, 5) is 0. The smallest absolute Gasteiger partial charge is 0.0172 e. The van der Waals surface area contributed by atoms with Crippen molar-refractivity contribution in [2.45, 2.75) is 12.8 Å². The highest BCUT2D eigenvalue weighted by Crippen LogP contribution is 2.18. The molecule has 82 valence electrons. The van der Waals surface area contributed by atoms with Gasteiger partial charge in [-0.25, -0.2) is 5.01 Å². The Kier molecular flexibility index (Phi) is 4.19. The van der Waals surface area contributed by atoms with Crippen molar-refractivity contribution >= 4 is 0 Å². The Morgan fingerprint density at radius 1 is 1.00 bits per heavy atom. The van der Waals surface area contributed by atoms with Crippen LogP contribution in [0, 0.1) is 5.92 Å². The lowest BCUT2D eigenvalue weighted by Crippen LogP contribution is -2.31. The van der Waals surface area contributed by atoms with Gasteiger partial charge in [-0.2, -0.15) is 0 Å². The van der Waals surface area contributed by atoms with E-state index in [4.69, 9.17) is 0 Å². The first-order valence-corrected chi connectivity index (χ1v) is 5.85. The molecule has 3 saturated heterocycles. The second kappa shape index (κ2) is 5.66. The average molecular weight is 198 g/mol. The molecule has 3 rings (SSSR count). The van der Waals surface area contributed by atoms with E-state index in [2.05, 4.69) is 21.1 Å². The quantitative estimate of drug-likeness (QED) is 0.486. The predicted octanol–water partition coefficient (Wildman–Crippen LogP) is -0.604. The maximum Gasteiger partial charge on any atom is 0.0172 e. The van der Waals surface area contributed by atoms with Crippen LogP contribution in [-0.4, -0.2) is 50.8 Å². The van der Waals surface area contributed by atoms with Crippen LogP contribution in [0.1, 0.15) is 12.8 Å². The Balaban J connectivity index is 0.000000107. The van der Waals surface area contributed by atoms with E-state index in [0.29, 0.717) is 0 Å². The molecule has 4 heteroatoms. The molecule has 0 aromatic carbocycles. The van der Waals surface area contributed by atoms with Crippen molar-refractivity contribution in [2.24, 2.45) is 5.92 Å². The molecule has 0 amide bonds. The van der Waals surface area contributed by atoms with Crippen LogP contribution in [0.3, 0.4) is 0 Å². The number of fused-ring (bicyclic) bond motifs is 2. The maximum absolute atomic E-state index is 3.29. The zero-order valence-electron chi connectivity index (χ0n) is 8.89. The minimum atomic E-state index is 0.986. The normalized spacial score (nSPS) is 36.0. The fourth-order valence-corrected chi connectivity index (χ4v) is 2.17. The van der Waals surface area contributed by atoms with E-state index in [1.165, 1.54) is 45.6 Å². The molecule has 14 heavy (non-hydrogen) atoms. The zero-order chi connectivity index (χ0) is 9.64. The van der Waals surface area contributed by atoms with Crippen LogP contribution < -0.4 is 16.1 Å². The van der Waals surface area contributed by atoms with E-state index < -0.39 is 0 Å². The van der Waals surface area contributed by atoms with Crippen molar-refractivity contribution in [3.63, 3.8) is 0 Å². The van der Waals surface area contributed by atoms with Crippen molar-refractivity contribution < 1.29 is 0 Å². The van der Waals surface area contributed by atoms with Gasteiger partial charge in [0.05, 0.1) is 0 Å². The fourth-order valence-electron chi connectivity index (χ4n) is 2.17. The minimum Gasteiger partial charge on any atom is -0.315 e. The van der Waals surface area contributed by atoms with Crippen LogP contribution in [0.4, 0.5) is 0 Å². The van der Waals surface area contributed by atoms with Crippen LogP contribution in [0.25, 0.3) is 0 Å². The molecule has 3 aliphatic heterocycles. The third-order valence-corrected chi connectivity index (χ3v) is 3.08. The molecule has 0 saturated carbocycles. The van der Waals surface area contributed by atoms with Crippen LogP contribution in [0.2, 0.25) is 0 Å². The van der Waals surface area contributed by atoms with E-state index in [1.54, 1.807) is 0 Å². The standard InChI is InChI=1S/C5H10N2.C5H12N2/c1-2-7-4-5(1)3-6-7;1-2-6-4-5-7-3-1/h5-6H,1-4H2;6-7H,1-5H2. The van der Waals surface area contributed by atoms with Gasteiger partial charge in [-0.3, -0.25) is 5.43 Å². The predicted molar refractivity (Wildman–Crippen MR) is 58.0 cm³/mol. The first-order valence-electron chi connectivity index (χ1n) is 5.85. The molecule has 4 nitrogen and oxygen atoms in total. The summed E-state index contributed by atoms with van der Waals surface area (Å²) in [7, 11) is 0. The summed E-state index contributed by atoms with van der Waals surface area (Å²) in [5.74, 6) is 0.986. The Bertz CT molecular complexity index is 125. The first kappa shape index (κ1) is 10.4. The summed E-state index contributed by atoms with van der Waals surface area (Å²) in [6.07, 6.45) is 2.70. The molecule has 2 unspecified atom stereocenters. The molecule has 0 spiro atoms. The third-order valence-electron chi connectivity index (χ3n) is 3.08. The second-order valence-corrected chi connectivity index (χ2v) is 4.32. The van der Waals surface area contributed by atoms with Crippen LogP contribution in [-0.2, 0) is 0 Å². The van der Waals surface area contributed by atoms with Gasteiger partial charge >= 0.3 is 0 Å². The van der Waals surface area contributed by atoms with E-state index in [9.17, 15) is 0 Å². The highest BCUT2D eigenvalue weighted by atomic mass is 15.5. The van der Waals surface area contributed by atoms with Gasteiger partial charge in [-0.15, -0.1) is 0 Å². The van der Waals surface area contributed by atoms with Gasteiger partial charge < -0.3 is 10.6 Å². The third kappa shape index (κ3) is 3.20. The molecular formula is C10H22N4. The summed E-state index contributed by atoms with van der Waals surface area (Å²) >= 11 is 0. The van der Waals surface area contributed by atoms with Crippen LogP contribution in [0.15, 0.2) is 0 Å². The van der Waals surface area contributed by atoms with Gasteiger partial charge in [0.25, 0.3) is 0 Å².